The Hall–Kier alpha value is -4.20. The smallest absolute Gasteiger partial charge is 0.411 e. The third-order valence-electron chi connectivity index (χ3n) is 5.82. The average molecular weight is 462 g/mol. The van der Waals surface area contributed by atoms with Crippen LogP contribution in [-0.2, 0) is 9.53 Å². The van der Waals surface area contributed by atoms with Gasteiger partial charge in [-0.1, -0.05) is 55.5 Å². The maximum absolute atomic E-state index is 14.5. The largest absolute Gasteiger partial charge is 0.480 e. The fraction of sp³-hybridized carbons (Fsp3) is 0.192. The molecule has 1 aliphatic rings. The fourth-order valence-corrected chi connectivity index (χ4v) is 4.10. The number of nitrogens with one attached hydrogen (secondary N) is 2. The highest BCUT2D eigenvalue weighted by atomic mass is 19.1. The Labute approximate surface area is 195 Å². The van der Waals surface area contributed by atoms with E-state index >= 15 is 0 Å². The first kappa shape index (κ1) is 23.0. The Bertz CT molecular complexity index is 1210. The molecule has 4 rings (SSSR count). The number of rotatable bonds is 7. The first-order chi connectivity index (χ1) is 16.4. The van der Waals surface area contributed by atoms with Gasteiger partial charge in [-0.2, -0.15) is 0 Å². The second-order valence-electron chi connectivity index (χ2n) is 7.92. The van der Waals surface area contributed by atoms with Crippen LogP contribution >= 0.6 is 0 Å². The maximum atomic E-state index is 14.5. The van der Waals surface area contributed by atoms with Gasteiger partial charge < -0.3 is 15.2 Å². The number of benzene rings is 3. The summed E-state index contributed by atoms with van der Waals surface area (Å²) in [4.78, 5) is 35.7. The molecule has 0 heterocycles. The molecule has 8 heteroatoms. The average Bonchev–Trinajstić information content (AvgIpc) is 3.14. The standard InChI is InChI=1S/C26H23FN2O5/c1-2-23(25(31)32)29-24(30)20-12-11-15(13-22(20)27)28-26(33)34-14-21-18-9-5-3-7-16(18)17-8-4-6-10-19(17)21/h3-13,21,23H,2,14H2,1H3,(H,28,33)(H,29,30)(H,31,32)/t23-/m1/s1. The van der Waals surface area contributed by atoms with E-state index in [1.165, 1.54) is 12.1 Å². The molecule has 3 aromatic carbocycles. The van der Waals surface area contributed by atoms with Crippen molar-refractivity contribution in [3.63, 3.8) is 0 Å². The number of carbonyl (C=O) groups excluding carboxylic acids is 2. The van der Waals surface area contributed by atoms with Crippen molar-refractivity contribution in [3.05, 3.63) is 89.2 Å². The minimum atomic E-state index is -1.20. The molecule has 34 heavy (non-hydrogen) atoms. The highest BCUT2D eigenvalue weighted by Crippen LogP contribution is 2.44. The lowest BCUT2D eigenvalue weighted by Gasteiger charge is -2.15. The molecule has 174 valence electrons. The van der Waals surface area contributed by atoms with E-state index in [1.807, 2.05) is 48.5 Å². The topological polar surface area (TPSA) is 105 Å². The molecule has 0 saturated heterocycles. The van der Waals surface area contributed by atoms with Gasteiger partial charge in [0.25, 0.3) is 5.91 Å². The zero-order valence-corrected chi connectivity index (χ0v) is 18.4. The Balaban J connectivity index is 1.40. The van der Waals surface area contributed by atoms with Crippen molar-refractivity contribution < 1.29 is 28.6 Å². The molecular weight excluding hydrogens is 439 g/mol. The van der Waals surface area contributed by atoms with Crippen molar-refractivity contribution in [1.29, 1.82) is 0 Å². The summed E-state index contributed by atoms with van der Waals surface area (Å²) in [7, 11) is 0. The predicted octanol–water partition coefficient (Wildman–Crippen LogP) is 4.78. The van der Waals surface area contributed by atoms with E-state index in [-0.39, 0.29) is 30.2 Å². The summed E-state index contributed by atoms with van der Waals surface area (Å²) in [5, 5.41) is 13.8. The van der Waals surface area contributed by atoms with Crippen molar-refractivity contribution in [1.82, 2.24) is 5.32 Å². The van der Waals surface area contributed by atoms with Crippen LogP contribution in [0.4, 0.5) is 14.9 Å². The van der Waals surface area contributed by atoms with Crippen LogP contribution in [-0.4, -0.2) is 35.7 Å². The number of fused-ring (bicyclic) bond motifs is 3. The Morgan fingerprint density at radius 1 is 1.00 bits per heavy atom. The normalized spacial score (nSPS) is 12.9. The van der Waals surface area contributed by atoms with Crippen LogP contribution in [0.25, 0.3) is 11.1 Å². The highest BCUT2D eigenvalue weighted by molar-refractivity contribution is 5.97. The summed E-state index contributed by atoms with van der Waals surface area (Å²) in [6.45, 7) is 1.70. The lowest BCUT2D eigenvalue weighted by Crippen LogP contribution is -2.40. The molecule has 1 aliphatic carbocycles. The van der Waals surface area contributed by atoms with E-state index < -0.39 is 29.8 Å². The maximum Gasteiger partial charge on any atom is 0.411 e. The molecule has 0 bridgehead atoms. The van der Waals surface area contributed by atoms with E-state index in [1.54, 1.807) is 6.92 Å². The van der Waals surface area contributed by atoms with Gasteiger partial charge in [-0.3, -0.25) is 10.1 Å². The third kappa shape index (κ3) is 4.61. The number of carboxylic acids is 1. The molecule has 3 N–H and O–H groups in total. The van der Waals surface area contributed by atoms with Gasteiger partial charge in [0.15, 0.2) is 0 Å². The first-order valence-corrected chi connectivity index (χ1v) is 10.8. The summed E-state index contributed by atoms with van der Waals surface area (Å²) in [5.74, 6) is -3.06. The van der Waals surface area contributed by atoms with Crippen LogP contribution in [0.3, 0.4) is 0 Å². The van der Waals surface area contributed by atoms with E-state index in [9.17, 15) is 18.8 Å². The van der Waals surface area contributed by atoms with E-state index in [2.05, 4.69) is 10.6 Å². The molecule has 2 amide bonds. The summed E-state index contributed by atoms with van der Waals surface area (Å²) in [5.41, 5.74) is 4.15. The Morgan fingerprint density at radius 2 is 1.62 bits per heavy atom. The molecule has 7 nitrogen and oxygen atoms in total. The van der Waals surface area contributed by atoms with Gasteiger partial charge >= 0.3 is 12.1 Å². The molecular formula is C26H23FN2O5. The van der Waals surface area contributed by atoms with Gasteiger partial charge in [0.1, 0.15) is 18.5 Å². The summed E-state index contributed by atoms with van der Waals surface area (Å²) in [6, 6.07) is 18.3. The van der Waals surface area contributed by atoms with E-state index in [0.29, 0.717) is 0 Å². The number of amides is 2. The number of anilines is 1. The number of hydrogen-bond acceptors (Lipinski definition) is 4. The van der Waals surface area contributed by atoms with Gasteiger partial charge in [0.2, 0.25) is 0 Å². The van der Waals surface area contributed by atoms with Gasteiger partial charge in [-0.15, -0.1) is 0 Å². The Morgan fingerprint density at radius 3 is 2.18 bits per heavy atom. The van der Waals surface area contributed by atoms with Crippen LogP contribution in [0.5, 0.6) is 0 Å². The van der Waals surface area contributed by atoms with Crippen molar-refractivity contribution in [2.45, 2.75) is 25.3 Å². The minimum Gasteiger partial charge on any atom is -0.480 e. The SMILES string of the molecule is CC[C@@H](NC(=O)c1ccc(NC(=O)OCC2c3ccccc3-c3ccccc32)cc1F)C(=O)O. The van der Waals surface area contributed by atoms with Crippen LogP contribution in [0.1, 0.15) is 40.7 Å². The first-order valence-electron chi connectivity index (χ1n) is 10.8. The molecule has 0 saturated carbocycles. The van der Waals surface area contributed by atoms with Crippen molar-refractivity contribution >= 4 is 23.7 Å². The predicted molar refractivity (Wildman–Crippen MR) is 124 cm³/mol. The van der Waals surface area contributed by atoms with E-state index in [4.69, 9.17) is 9.84 Å². The van der Waals surface area contributed by atoms with Gasteiger partial charge in [-0.25, -0.2) is 14.0 Å². The van der Waals surface area contributed by atoms with Gasteiger partial charge in [-0.05, 0) is 46.9 Å². The van der Waals surface area contributed by atoms with Crippen molar-refractivity contribution in [2.75, 3.05) is 11.9 Å². The van der Waals surface area contributed by atoms with Gasteiger partial charge in [0, 0.05) is 11.6 Å². The van der Waals surface area contributed by atoms with Crippen LogP contribution in [0.2, 0.25) is 0 Å². The molecule has 1 atom stereocenters. The number of carbonyl (C=O) groups is 3. The van der Waals surface area contributed by atoms with E-state index in [0.717, 1.165) is 28.3 Å². The second kappa shape index (κ2) is 9.74. The number of ether oxygens (including phenoxy) is 1. The molecule has 0 spiro atoms. The number of halogens is 1. The summed E-state index contributed by atoms with van der Waals surface area (Å²) in [6.07, 6.45) is -0.597. The third-order valence-corrected chi connectivity index (χ3v) is 5.82. The lowest BCUT2D eigenvalue weighted by atomic mass is 9.98. The zero-order chi connectivity index (χ0) is 24.2. The number of hydrogen-bond donors (Lipinski definition) is 3. The summed E-state index contributed by atoms with van der Waals surface area (Å²) < 4.78 is 19.9. The molecule has 0 aromatic heterocycles. The molecule has 0 radical (unpaired) electrons. The quantitative estimate of drug-likeness (QED) is 0.469. The number of aliphatic carboxylic acids is 1. The zero-order valence-electron chi connectivity index (χ0n) is 18.4. The highest BCUT2D eigenvalue weighted by Gasteiger charge is 2.29. The molecule has 0 fully saturated rings. The van der Waals surface area contributed by atoms with Crippen molar-refractivity contribution in [2.24, 2.45) is 0 Å². The number of carboxylic acid groups (broad SMARTS) is 1. The Kier molecular flexibility index (Phi) is 6.58. The fourth-order valence-electron chi connectivity index (χ4n) is 4.10. The minimum absolute atomic E-state index is 0.108. The molecule has 0 unspecified atom stereocenters. The monoisotopic (exact) mass is 462 g/mol. The van der Waals surface area contributed by atoms with Crippen LogP contribution < -0.4 is 10.6 Å². The van der Waals surface area contributed by atoms with Crippen LogP contribution in [0.15, 0.2) is 66.7 Å². The lowest BCUT2D eigenvalue weighted by molar-refractivity contribution is -0.139. The second-order valence-corrected chi connectivity index (χ2v) is 7.92. The van der Waals surface area contributed by atoms with Crippen LogP contribution in [0, 0.1) is 5.82 Å². The summed E-state index contributed by atoms with van der Waals surface area (Å²) >= 11 is 0. The van der Waals surface area contributed by atoms with Crippen molar-refractivity contribution in [3.8, 4) is 11.1 Å². The molecule has 3 aromatic rings. The van der Waals surface area contributed by atoms with Gasteiger partial charge in [0.05, 0.1) is 5.56 Å². The molecule has 0 aliphatic heterocycles.